The van der Waals surface area contributed by atoms with Crippen molar-refractivity contribution in [2.24, 2.45) is 0 Å². The fraction of sp³-hybridized carbons (Fsp3) is 0.469. The summed E-state index contributed by atoms with van der Waals surface area (Å²) in [6.07, 6.45) is 2.41. The lowest BCUT2D eigenvalue weighted by Gasteiger charge is -2.35. The number of likely N-dealkylation sites (N-methyl/N-ethyl adjacent to an activating group) is 1. The number of morpholine rings is 1. The molecule has 11 heteroatoms. The molecule has 4 aromatic rings. The first-order valence-corrected chi connectivity index (χ1v) is 14.9. The number of carbonyl (C=O) groups excluding carboxylic acids is 1. The normalized spacial score (nSPS) is 17.7. The number of rotatable bonds is 9. The molecule has 0 amide bonds. The van der Waals surface area contributed by atoms with Gasteiger partial charge in [-0.05, 0) is 75.7 Å². The minimum absolute atomic E-state index is 0.122. The van der Waals surface area contributed by atoms with E-state index in [1.165, 1.54) is 4.68 Å². The Hall–Kier alpha value is -3.83. The number of esters is 1. The first-order valence-electron chi connectivity index (χ1n) is 14.9. The second-order valence-corrected chi connectivity index (χ2v) is 11.6. The zero-order chi connectivity index (χ0) is 30.2. The van der Waals surface area contributed by atoms with Crippen LogP contribution in [0.15, 0.2) is 42.9 Å². The molecule has 2 aromatic heterocycles. The van der Waals surface area contributed by atoms with Crippen molar-refractivity contribution < 1.29 is 23.0 Å². The highest BCUT2D eigenvalue weighted by Crippen LogP contribution is 2.38. The molecule has 0 aliphatic carbocycles. The maximum Gasteiger partial charge on any atom is 0.337 e. The zero-order valence-corrected chi connectivity index (χ0v) is 25.1. The van der Waals surface area contributed by atoms with Crippen molar-refractivity contribution in [2.45, 2.75) is 51.8 Å². The van der Waals surface area contributed by atoms with Crippen LogP contribution >= 0.6 is 0 Å². The summed E-state index contributed by atoms with van der Waals surface area (Å²) >= 11 is 0. The number of benzene rings is 2. The van der Waals surface area contributed by atoms with Gasteiger partial charge < -0.3 is 23.8 Å². The second kappa shape index (κ2) is 12.0. The van der Waals surface area contributed by atoms with Crippen LogP contribution in [0.3, 0.4) is 0 Å². The SMILES string of the molecule is CCOC(=O)C(c1ncn2c1CCC2)n1cc2c(C(F)F)cc(-c3ccc(N4CCOC(CN(C)C)C4)cc3)c(C)c2n1. The van der Waals surface area contributed by atoms with Gasteiger partial charge in [-0.2, -0.15) is 5.10 Å². The van der Waals surface area contributed by atoms with Crippen molar-refractivity contribution >= 4 is 22.6 Å². The van der Waals surface area contributed by atoms with Gasteiger partial charge >= 0.3 is 5.97 Å². The molecule has 0 bridgehead atoms. The van der Waals surface area contributed by atoms with E-state index in [2.05, 4.69) is 14.8 Å². The van der Waals surface area contributed by atoms with Crippen LogP contribution in [-0.4, -0.2) is 83.2 Å². The van der Waals surface area contributed by atoms with Gasteiger partial charge in [0.25, 0.3) is 6.43 Å². The predicted molar refractivity (Wildman–Crippen MR) is 161 cm³/mol. The molecule has 0 N–H and O–H groups in total. The van der Waals surface area contributed by atoms with E-state index in [0.717, 1.165) is 61.5 Å². The Labute approximate surface area is 250 Å². The average Bonchev–Trinajstić information content (AvgIpc) is 3.71. The van der Waals surface area contributed by atoms with Gasteiger partial charge in [-0.3, -0.25) is 4.68 Å². The first-order chi connectivity index (χ1) is 20.7. The van der Waals surface area contributed by atoms with Crippen molar-refractivity contribution in [3.05, 3.63) is 65.4 Å². The van der Waals surface area contributed by atoms with Crippen LogP contribution in [0.4, 0.5) is 14.5 Å². The number of fused-ring (bicyclic) bond motifs is 2. The number of anilines is 1. The molecular formula is C32H38F2N6O3. The molecule has 228 valence electrons. The fourth-order valence-corrected chi connectivity index (χ4v) is 6.38. The molecule has 1 fully saturated rings. The van der Waals surface area contributed by atoms with Crippen molar-refractivity contribution in [1.82, 2.24) is 24.2 Å². The Morgan fingerprint density at radius 3 is 2.72 bits per heavy atom. The van der Waals surface area contributed by atoms with Gasteiger partial charge in [0, 0.05) is 54.7 Å². The molecule has 0 radical (unpaired) electrons. The van der Waals surface area contributed by atoms with Crippen molar-refractivity contribution in [2.75, 3.05) is 51.8 Å². The van der Waals surface area contributed by atoms with Crippen molar-refractivity contribution in [3.8, 4) is 11.1 Å². The van der Waals surface area contributed by atoms with Crippen molar-refractivity contribution in [1.29, 1.82) is 0 Å². The third-order valence-electron chi connectivity index (χ3n) is 8.41. The zero-order valence-electron chi connectivity index (χ0n) is 25.1. The lowest BCUT2D eigenvalue weighted by Crippen LogP contribution is -2.46. The maximum atomic E-state index is 14.5. The van der Waals surface area contributed by atoms with Gasteiger partial charge in [0.1, 0.15) is 0 Å². The van der Waals surface area contributed by atoms with E-state index in [1.807, 2.05) is 49.9 Å². The molecule has 2 atom stereocenters. The second-order valence-electron chi connectivity index (χ2n) is 11.6. The number of hydrogen-bond donors (Lipinski definition) is 0. The van der Waals surface area contributed by atoms with Gasteiger partial charge in [0.05, 0.1) is 36.9 Å². The van der Waals surface area contributed by atoms with Crippen LogP contribution in [0, 0.1) is 6.92 Å². The Morgan fingerprint density at radius 1 is 1.21 bits per heavy atom. The van der Waals surface area contributed by atoms with Crippen LogP contribution in [0.1, 0.15) is 48.3 Å². The molecule has 9 nitrogen and oxygen atoms in total. The van der Waals surface area contributed by atoms with E-state index < -0.39 is 18.4 Å². The monoisotopic (exact) mass is 592 g/mol. The number of nitrogens with zero attached hydrogens (tertiary/aromatic N) is 6. The van der Waals surface area contributed by atoms with E-state index in [0.29, 0.717) is 28.8 Å². The standard InChI is InChI=1S/C32H38F2N6O3/c1-5-42-32(41)30(29-27-7-6-12-39(27)19-35-29)40-18-26-25(31(33)34)15-24(20(2)28(26)36-40)21-8-10-22(11-9-21)38-13-14-43-23(17-38)16-37(3)4/h8-11,15,18-19,23,30-31H,5-7,12-14,16-17H2,1-4H3. The summed E-state index contributed by atoms with van der Waals surface area (Å²) in [4.78, 5) is 22.2. The molecule has 2 unspecified atom stereocenters. The summed E-state index contributed by atoms with van der Waals surface area (Å²) in [5.41, 5.74) is 5.17. The summed E-state index contributed by atoms with van der Waals surface area (Å²) in [5.74, 6) is -0.508. The lowest BCUT2D eigenvalue weighted by molar-refractivity contribution is -0.146. The number of aryl methyl sites for hydroxylation is 2. The summed E-state index contributed by atoms with van der Waals surface area (Å²) in [6, 6.07) is 8.61. The summed E-state index contributed by atoms with van der Waals surface area (Å²) < 4.78 is 43.9. The van der Waals surface area contributed by atoms with Crippen LogP contribution in [0.25, 0.3) is 22.0 Å². The van der Waals surface area contributed by atoms with E-state index in [-0.39, 0.29) is 18.3 Å². The van der Waals surface area contributed by atoms with E-state index in [1.54, 1.807) is 25.5 Å². The molecule has 0 spiro atoms. The Morgan fingerprint density at radius 2 is 2.00 bits per heavy atom. The molecule has 2 aromatic carbocycles. The fourth-order valence-electron chi connectivity index (χ4n) is 6.38. The van der Waals surface area contributed by atoms with Crippen LogP contribution in [-0.2, 0) is 27.2 Å². The van der Waals surface area contributed by atoms with E-state index >= 15 is 0 Å². The van der Waals surface area contributed by atoms with E-state index in [4.69, 9.17) is 14.6 Å². The number of imidazole rings is 1. The lowest BCUT2D eigenvalue weighted by atomic mass is 9.95. The van der Waals surface area contributed by atoms with Crippen LogP contribution < -0.4 is 4.90 Å². The Bertz CT molecular complexity index is 1610. The predicted octanol–water partition coefficient (Wildman–Crippen LogP) is 5.01. The first kappa shape index (κ1) is 29.3. The van der Waals surface area contributed by atoms with E-state index in [9.17, 15) is 13.6 Å². The molecule has 4 heterocycles. The third-order valence-corrected chi connectivity index (χ3v) is 8.41. The van der Waals surface area contributed by atoms with Crippen molar-refractivity contribution in [3.63, 3.8) is 0 Å². The van der Waals surface area contributed by atoms with Gasteiger partial charge in [-0.1, -0.05) is 12.1 Å². The summed E-state index contributed by atoms with van der Waals surface area (Å²) in [7, 11) is 4.07. The highest BCUT2D eigenvalue weighted by Gasteiger charge is 2.33. The van der Waals surface area contributed by atoms with Gasteiger partial charge in [-0.25, -0.2) is 18.6 Å². The van der Waals surface area contributed by atoms with Gasteiger partial charge in [0.15, 0.2) is 6.04 Å². The van der Waals surface area contributed by atoms with Gasteiger partial charge in [0.2, 0.25) is 0 Å². The topological polar surface area (TPSA) is 77.6 Å². The Balaban J connectivity index is 1.37. The molecule has 2 aliphatic heterocycles. The maximum absolute atomic E-state index is 14.5. The highest BCUT2D eigenvalue weighted by atomic mass is 19.3. The quantitative estimate of drug-likeness (QED) is 0.253. The number of alkyl halides is 2. The minimum atomic E-state index is -2.72. The molecule has 43 heavy (non-hydrogen) atoms. The van der Waals surface area contributed by atoms with Crippen LogP contribution in [0.5, 0.6) is 0 Å². The third kappa shape index (κ3) is 5.63. The number of hydrogen-bond acceptors (Lipinski definition) is 7. The molecular weight excluding hydrogens is 554 g/mol. The summed E-state index contributed by atoms with van der Waals surface area (Å²) in [6.45, 7) is 7.73. The highest BCUT2D eigenvalue weighted by molar-refractivity contribution is 5.92. The molecule has 0 saturated carbocycles. The largest absolute Gasteiger partial charge is 0.464 e. The number of carbonyl (C=O) groups is 1. The average molecular weight is 593 g/mol. The smallest absolute Gasteiger partial charge is 0.337 e. The number of halogens is 2. The number of aromatic nitrogens is 4. The summed E-state index contributed by atoms with van der Waals surface area (Å²) in [5, 5.41) is 5.07. The molecule has 2 aliphatic rings. The van der Waals surface area contributed by atoms with Gasteiger partial charge in [-0.15, -0.1) is 0 Å². The minimum Gasteiger partial charge on any atom is -0.464 e. The van der Waals surface area contributed by atoms with Crippen LogP contribution in [0.2, 0.25) is 0 Å². The molecule has 1 saturated heterocycles. The number of ether oxygens (including phenoxy) is 2. The molecule has 6 rings (SSSR count). The Kier molecular flexibility index (Phi) is 8.19.